The van der Waals surface area contributed by atoms with Crippen LogP contribution in [0.2, 0.25) is 0 Å². The SMILES string of the molecule is CN1C=CC2(S(=O)(=O)O)C=C(NNC(N)=O)C(=O)C=C12. The Kier molecular flexibility index (Phi) is 3.07. The van der Waals surface area contributed by atoms with Crippen LogP contribution in [0.4, 0.5) is 4.79 Å². The van der Waals surface area contributed by atoms with Gasteiger partial charge in [0, 0.05) is 19.3 Å². The van der Waals surface area contributed by atoms with E-state index < -0.39 is 26.7 Å². The minimum Gasteiger partial charge on any atom is -0.353 e. The number of nitrogens with zero attached hydrogens (tertiary/aromatic N) is 1. The van der Waals surface area contributed by atoms with Gasteiger partial charge in [0.2, 0.25) is 5.78 Å². The number of carbonyl (C=O) groups excluding carboxylic acids is 2. The molecule has 1 aliphatic carbocycles. The van der Waals surface area contributed by atoms with E-state index >= 15 is 0 Å². The van der Waals surface area contributed by atoms with Gasteiger partial charge >= 0.3 is 6.03 Å². The minimum atomic E-state index is -4.56. The van der Waals surface area contributed by atoms with Gasteiger partial charge in [0.15, 0.2) is 4.75 Å². The van der Waals surface area contributed by atoms with Crippen molar-refractivity contribution in [2.75, 3.05) is 7.05 Å². The molecular formula is C10H12N4O5S. The molecule has 0 aromatic rings. The van der Waals surface area contributed by atoms with Crippen LogP contribution in [0, 0.1) is 0 Å². The first-order chi connectivity index (χ1) is 9.17. The quantitative estimate of drug-likeness (QED) is 0.371. The second kappa shape index (κ2) is 4.35. The number of nitrogens with one attached hydrogen (secondary N) is 2. The number of amides is 2. The summed E-state index contributed by atoms with van der Waals surface area (Å²) >= 11 is 0. The van der Waals surface area contributed by atoms with Crippen LogP contribution in [-0.2, 0) is 14.9 Å². The highest BCUT2D eigenvalue weighted by Gasteiger charge is 2.50. The van der Waals surface area contributed by atoms with Gasteiger partial charge in [0.05, 0.1) is 11.4 Å². The lowest BCUT2D eigenvalue weighted by molar-refractivity contribution is -0.112. The Labute approximate surface area is 114 Å². The minimum absolute atomic E-state index is 0.0922. The second-order valence-corrected chi connectivity index (χ2v) is 5.89. The standard InChI is InChI=1S/C10H12N4O5S/c1-14-3-2-10(20(17,18)19)5-6(12-13-9(11)16)7(15)4-8(10)14/h2-5,12H,1H3,(H3,11,13,16)(H,17,18,19). The Balaban J connectivity index is 2.50. The summed E-state index contributed by atoms with van der Waals surface area (Å²) in [5, 5.41) is 0. The van der Waals surface area contributed by atoms with Gasteiger partial charge < -0.3 is 10.6 Å². The molecule has 108 valence electrons. The van der Waals surface area contributed by atoms with Gasteiger partial charge in [-0.3, -0.25) is 20.2 Å². The van der Waals surface area contributed by atoms with Gasteiger partial charge in [0.25, 0.3) is 10.1 Å². The molecule has 2 amide bonds. The predicted molar refractivity (Wildman–Crippen MR) is 68.2 cm³/mol. The van der Waals surface area contributed by atoms with E-state index in [0.29, 0.717) is 0 Å². The number of allylic oxidation sites excluding steroid dienone is 1. The van der Waals surface area contributed by atoms with E-state index in [2.05, 4.69) is 5.43 Å². The number of primary amides is 1. The number of hydrogen-bond acceptors (Lipinski definition) is 6. The summed E-state index contributed by atoms with van der Waals surface area (Å²) < 4.78 is 30.9. The highest BCUT2D eigenvalue weighted by molar-refractivity contribution is 7.87. The molecule has 0 bridgehead atoms. The van der Waals surface area contributed by atoms with Crippen molar-refractivity contribution >= 4 is 21.9 Å². The lowest BCUT2D eigenvalue weighted by Crippen LogP contribution is -2.46. The molecule has 0 aromatic carbocycles. The molecule has 0 spiro atoms. The van der Waals surface area contributed by atoms with Gasteiger partial charge in [-0.25, -0.2) is 4.79 Å². The first-order valence-corrected chi connectivity index (χ1v) is 6.81. The lowest BCUT2D eigenvalue weighted by Gasteiger charge is -2.29. The van der Waals surface area contributed by atoms with Crippen LogP contribution in [0.15, 0.2) is 35.8 Å². The smallest absolute Gasteiger partial charge is 0.330 e. The van der Waals surface area contributed by atoms with Crippen molar-refractivity contribution in [3.8, 4) is 0 Å². The maximum atomic E-state index is 11.8. The van der Waals surface area contributed by atoms with Gasteiger partial charge in [0.1, 0.15) is 0 Å². The molecule has 2 rings (SSSR count). The predicted octanol–water partition coefficient (Wildman–Crippen LogP) is -1.40. The third-order valence-corrected chi connectivity index (χ3v) is 4.28. The number of rotatable bonds is 3. The lowest BCUT2D eigenvalue weighted by atomic mass is 9.97. The Morgan fingerprint density at radius 2 is 2.15 bits per heavy atom. The summed E-state index contributed by atoms with van der Waals surface area (Å²) in [5.74, 6) is -0.566. The monoisotopic (exact) mass is 300 g/mol. The molecular weight excluding hydrogens is 288 g/mol. The Hall–Kier alpha value is -2.33. The zero-order valence-corrected chi connectivity index (χ0v) is 11.1. The second-order valence-electron chi connectivity index (χ2n) is 4.26. The molecule has 0 saturated carbocycles. The van der Waals surface area contributed by atoms with E-state index in [1.54, 1.807) is 0 Å². The molecule has 9 nitrogen and oxygen atoms in total. The third-order valence-electron chi connectivity index (χ3n) is 2.97. The molecule has 0 saturated heterocycles. The topological polar surface area (TPSA) is 142 Å². The summed E-state index contributed by atoms with van der Waals surface area (Å²) in [5.41, 5.74) is 8.89. The van der Waals surface area contributed by atoms with Gasteiger partial charge in [-0.2, -0.15) is 8.42 Å². The molecule has 1 heterocycles. The van der Waals surface area contributed by atoms with Gasteiger partial charge in [-0.05, 0) is 12.2 Å². The number of nitrogens with two attached hydrogens (primary N) is 1. The van der Waals surface area contributed by atoms with E-state index in [1.807, 2.05) is 5.43 Å². The largest absolute Gasteiger partial charge is 0.353 e. The van der Waals surface area contributed by atoms with Crippen LogP contribution in [-0.4, -0.2) is 41.5 Å². The molecule has 1 atom stereocenters. The van der Waals surface area contributed by atoms with Crippen LogP contribution >= 0.6 is 0 Å². The molecule has 2 aliphatic rings. The molecule has 20 heavy (non-hydrogen) atoms. The molecule has 0 aromatic heterocycles. The van der Waals surface area contributed by atoms with Crippen molar-refractivity contribution in [2.45, 2.75) is 4.75 Å². The number of urea groups is 1. The third kappa shape index (κ3) is 2.04. The fraction of sp³-hybridized carbons (Fsp3) is 0.200. The fourth-order valence-electron chi connectivity index (χ4n) is 2.01. The Morgan fingerprint density at radius 1 is 1.50 bits per heavy atom. The molecule has 1 unspecified atom stereocenters. The zero-order chi connectivity index (χ0) is 15.1. The number of hydrogen-bond donors (Lipinski definition) is 4. The van der Waals surface area contributed by atoms with Crippen LogP contribution in [0.25, 0.3) is 0 Å². The number of hydrazine groups is 1. The van der Waals surface area contributed by atoms with E-state index in [4.69, 9.17) is 5.73 Å². The van der Waals surface area contributed by atoms with Crippen LogP contribution in [0.1, 0.15) is 0 Å². The van der Waals surface area contributed by atoms with Crippen molar-refractivity contribution in [3.63, 3.8) is 0 Å². The summed E-state index contributed by atoms with van der Waals surface area (Å²) in [4.78, 5) is 23.8. The van der Waals surface area contributed by atoms with Gasteiger partial charge in [-0.15, -0.1) is 0 Å². The van der Waals surface area contributed by atoms with E-state index in [-0.39, 0.29) is 11.4 Å². The normalized spacial score (nSPS) is 24.9. The van der Waals surface area contributed by atoms with Crippen LogP contribution in [0.3, 0.4) is 0 Å². The van der Waals surface area contributed by atoms with Crippen molar-refractivity contribution in [2.24, 2.45) is 5.73 Å². The average Bonchev–Trinajstić information content (AvgIpc) is 2.64. The molecule has 0 fully saturated rings. The maximum Gasteiger partial charge on any atom is 0.330 e. The zero-order valence-electron chi connectivity index (χ0n) is 10.3. The Bertz CT molecular complexity index is 678. The highest BCUT2D eigenvalue weighted by Crippen LogP contribution is 2.39. The number of fused-ring (bicyclic) bond motifs is 1. The van der Waals surface area contributed by atoms with Crippen molar-refractivity contribution in [3.05, 3.63) is 35.8 Å². The molecule has 1 aliphatic heterocycles. The van der Waals surface area contributed by atoms with E-state index in [1.165, 1.54) is 24.2 Å². The first kappa shape index (κ1) is 14.1. The van der Waals surface area contributed by atoms with Crippen LogP contribution in [0.5, 0.6) is 0 Å². The van der Waals surface area contributed by atoms with Crippen molar-refractivity contribution in [1.29, 1.82) is 0 Å². The maximum absolute atomic E-state index is 11.8. The van der Waals surface area contributed by atoms with Gasteiger partial charge in [-0.1, -0.05) is 0 Å². The summed E-state index contributed by atoms with van der Waals surface area (Å²) in [6, 6.07) is -0.950. The van der Waals surface area contributed by atoms with Crippen molar-refractivity contribution < 1.29 is 22.6 Å². The van der Waals surface area contributed by atoms with E-state index in [9.17, 15) is 22.6 Å². The van der Waals surface area contributed by atoms with Crippen molar-refractivity contribution in [1.82, 2.24) is 15.8 Å². The molecule has 5 N–H and O–H groups in total. The number of carbonyl (C=O) groups is 2. The van der Waals surface area contributed by atoms with Crippen LogP contribution < -0.4 is 16.6 Å². The molecule has 0 radical (unpaired) electrons. The molecule has 10 heteroatoms. The summed E-state index contributed by atoms with van der Waals surface area (Å²) in [7, 11) is -3.02. The first-order valence-electron chi connectivity index (χ1n) is 5.37. The average molecular weight is 300 g/mol. The van der Waals surface area contributed by atoms with E-state index in [0.717, 1.165) is 12.2 Å². The summed E-state index contributed by atoms with van der Waals surface area (Å²) in [6.45, 7) is 0. The fourth-order valence-corrected chi connectivity index (χ4v) is 2.97. The number of ketones is 1. The highest BCUT2D eigenvalue weighted by atomic mass is 32.2. The Morgan fingerprint density at radius 3 is 2.70 bits per heavy atom. The summed E-state index contributed by atoms with van der Waals surface area (Å²) in [6.07, 6.45) is 4.70.